The third-order valence-corrected chi connectivity index (χ3v) is 3.58. The van der Waals surface area contributed by atoms with Crippen molar-refractivity contribution in [3.8, 4) is 0 Å². The fourth-order valence-corrected chi connectivity index (χ4v) is 2.45. The minimum atomic E-state index is -0.0331. The van der Waals surface area contributed by atoms with Crippen molar-refractivity contribution in [1.82, 2.24) is 9.97 Å². The lowest BCUT2D eigenvalue weighted by Crippen LogP contribution is -2.26. The number of benzene rings is 2. The summed E-state index contributed by atoms with van der Waals surface area (Å²) in [5, 5.41) is 9.57. The quantitative estimate of drug-likeness (QED) is 0.683. The van der Waals surface area contributed by atoms with Gasteiger partial charge >= 0.3 is 0 Å². The van der Waals surface area contributed by atoms with Crippen molar-refractivity contribution in [2.75, 3.05) is 18.2 Å². The van der Waals surface area contributed by atoms with E-state index in [1.165, 1.54) is 5.56 Å². The summed E-state index contributed by atoms with van der Waals surface area (Å²) in [5.41, 5.74) is 3.24. The van der Waals surface area contributed by atoms with Crippen LogP contribution in [0.1, 0.15) is 12.0 Å². The summed E-state index contributed by atoms with van der Waals surface area (Å²) in [4.78, 5) is 9.63. The highest BCUT2D eigenvalue weighted by Gasteiger charge is 2.10. The summed E-state index contributed by atoms with van der Waals surface area (Å²) in [5.74, 6) is 0.728. The van der Waals surface area contributed by atoms with Gasteiger partial charge in [-0.3, -0.25) is 0 Å². The van der Waals surface area contributed by atoms with Gasteiger partial charge in [0.1, 0.15) is 6.73 Å². The smallest absolute Gasteiger partial charge is 0.205 e. The van der Waals surface area contributed by atoms with Crippen LogP contribution < -0.4 is 4.90 Å². The van der Waals surface area contributed by atoms with Crippen LogP contribution in [0.25, 0.3) is 11.0 Å². The molecule has 0 aliphatic rings. The highest BCUT2D eigenvalue weighted by molar-refractivity contribution is 5.77. The number of aryl methyl sites for hydroxylation is 1. The van der Waals surface area contributed by atoms with Crippen LogP contribution in [0.5, 0.6) is 0 Å². The van der Waals surface area contributed by atoms with Gasteiger partial charge in [0.15, 0.2) is 0 Å². The van der Waals surface area contributed by atoms with E-state index < -0.39 is 0 Å². The molecule has 2 aromatic carbocycles. The van der Waals surface area contributed by atoms with Crippen LogP contribution in [-0.4, -0.2) is 28.4 Å². The largest absolute Gasteiger partial charge is 0.376 e. The van der Waals surface area contributed by atoms with E-state index >= 15 is 0 Å². The van der Waals surface area contributed by atoms with Crippen LogP contribution in [0.4, 0.5) is 5.95 Å². The number of nitrogens with one attached hydrogen (secondary N) is 1. The third-order valence-electron chi connectivity index (χ3n) is 3.58. The van der Waals surface area contributed by atoms with Crippen LogP contribution in [0, 0.1) is 0 Å². The SMILES string of the molecule is OCN(CCCc1ccccc1)c1nc2ccccc2[nH]1. The molecular formula is C17H19N3O. The number of aromatic amines is 1. The highest BCUT2D eigenvalue weighted by Crippen LogP contribution is 2.17. The molecule has 0 unspecified atom stereocenters. The number of para-hydroxylation sites is 2. The number of hydrogen-bond donors (Lipinski definition) is 2. The van der Waals surface area contributed by atoms with E-state index in [1.807, 2.05) is 35.2 Å². The minimum absolute atomic E-state index is 0.0331. The van der Waals surface area contributed by atoms with Crippen molar-refractivity contribution in [3.63, 3.8) is 0 Å². The Hall–Kier alpha value is -2.33. The standard InChI is InChI=1S/C17H19N3O/c21-13-20(12-6-9-14-7-2-1-3-8-14)17-18-15-10-4-5-11-16(15)19-17/h1-5,7-8,10-11,21H,6,9,12-13H2,(H,18,19). The number of H-pyrrole nitrogens is 1. The summed E-state index contributed by atoms with van der Waals surface area (Å²) in [6.07, 6.45) is 1.97. The van der Waals surface area contributed by atoms with E-state index in [0.29, 0.717) is 0 Å². The van der Waals surface area contributed by atoms with E-state index in [9.17, 15) is 5.11 Å². The summed E-state index contributed by atoms with van der Waals surface area (Å²) in [7, 11) is 0. The molecule has 0 bridgehead atoms. The zero-order valence-electron chi connectivity index (χ0n) is 11.9. The molecule has 0 aliphatic carbocycles. The fraction of sp³-hybridized carbons (Fsp3) is 0.235. The number of rotatable bonds is 6. The van der Waals surface area contributed by atoms with Gasteiger partial charge in [-0.1, -0.05) is 42.5 Å². The predicted molar refractivity (Wildman–Crippen MR) is 85.3 cm³/mol. The van der Waals surface area contributed by atoms with Crippen LogP contribution in [-0.2, 0) is 6.42 Å². The van der Waals surface area contributed by atoms with Crippen molar-refractivity contribution in [2.24, 2.45) is 0 Å². The number of aromatic nitrogens is 2. The Kier molecular flexibility index (Phi) is 4.17. The van der Waals surface area contributed by atoms with Gasteiger partial charge in [-0.2, -0.15) is 0 Å². The first-order valence-corrected chi connectivity index (χ1v) is 7.21. The molecule has 21 heavy (non-hydrogen) atoms. The van der Waals surface area contributed by atoms with Crippen molar-refractivity contribution < 1.29 is 5.11 Å². The molecule has 0 aliphatic heterocycles. The molecule has 3 aromatic rings. The number of aliphatic hydroxyl groups excluding tert-OH is 1. The first-order valence-electron chi connectivity index (χ1n) is 7.21. The number of fused-ring (bicyclic) bond motifs is 1. The van der Waals surface area contributed by atoms with E-state index in [2.05, 4.69) is 34.2 Å². The predicted octanol–water partition coefficient (Wildman–Crippen LogP) is 2.95. The lowest BCUT2D eigenvalue weighted by molar-refractivity contribution is 0.288. The Morgan fingerprint density at radius 3 is 2.52 bits per heavy atom. The molecule has 0 spiro atoms. The molecule has 4 heteroatoms. The minimum Gasteiger partial charge on any atom is -0.376 e. The van der Waals surface area contributed by atoms with E-state index in [1.54, 1.807) is 0 Å². The van der Waals surface area contributed by atoms with Gasteiger partial charge in [0, 0.05) is 6.54 Å². The normalized spacial score (nSPS) is 10.9. The van der Waals surface area contributed by atoms with E-state index in [4.69, 9.17) is 0 Å². The zero-order chi connectivity index (χ0) is 14.5. The van der Waals surface area contributed by atoms with Gasteiger partial charge in [-0.25, -0.2) is 4.98 Å². The second-order valence-electron chi connectivity index (χ2n) is 5.07. The first kappa shape index (κ1) is 13.6. The molecule has 0 amide bonds. The molecule has 4 nitrogen and oxygen atoms in total. The molecule has 1 aromatic heterocycles. The zero-order valence-corrected chi connectivity index (χ0v) is 11.9. The topological polar surface area (TPSA) is 52.1 Å². The molecule has 0 atom stereocenters. The van der Waals surface area contributed by atoms with Crippen molar-refractivity contribution in [2.45, 2.75) is 12.8 Å². The first-order chi connectivity index (χ1) is 10.4. The fourth-order valence-electron chi connectivity index (χ4n) is 2.45. The maximum atomic E-state index is 9.57. The van der Waals surface area contributed by atoms with Gasteiger partial charge in [0.25, 0.3) is 0 Å². The Bertz CT molecular complexity index is 660. The number of nitrogens with zero attached hydrogens (tertiary/aromatic N) is 2. The molecule has 0 radical (unpaired) electrons. The van der Waals surface area contributed by atoms with Gasteiger partial charge in [-0.15, -0.1) is 0 Å². The highest BCUT2D eigenvalue weighted by atomic mass is 16.3. The van der Waals surface area contributed by atoms with E-state index in [-0.39, 0.29) is 6.73 Å². The lowest BCUT2D eigenvalue weighted by atomic mass is 10.1. The van der Waals surface area contributed by atoms with E-state index in [0.717, 1.165) is 36.4 Å². The molecular weight excluding hydrogens is 262 g/mol. The molecule has 108 valence electrons. The van der Waals surface area contributed by atoms with Gasteiger partial charge in [0.05, 0.1) is 11.0 Å². The monoisotopic (exact) mass is 281 g/mol. The number of hydrogen-bond acceptors (Lipinski definition) is 3. The second-order valence-corrected chi connectivity index (χ2v) is 5.07. The van der Waals surface area contributed by atoms with Gasteiger partial charge < -0.3 is 15.0 Å². The third kappa shape index (κ3) is 3.23. The van der Waals surface area contributed by atoms with Gasteiger partial charge in [-0.05, 0) is 30.5 Å². The summed E-state index contributed by atoms with van der Waals surface area (Å²) < 4.78 is 0. The molecule has 0 fully saturated rings. The van der Waals surface area contributed by atoms with Crippen LogP contribution in [0.2, 0.25) is 0 Å². The van der Waals surface area contributed by atoms with Crippen molar-refractivity contribution in [3.05, 3.63) is 60.2 Å². The molecule has 0 saturated heterocycles. The van der Waals surface area contributed by atoms with Crippen LogP contribution in [0.3, 0.4) is 0 Å². The molecule has 2 N–H and O–H groups in total. The van der Waals surface area contributed by atoms with Gasteiger partial charge in [0.2, 0.25) is 5.95 Å². The maximum Gasteiger partial charge on any atom is 0.205 e. The molecule has 0 saturated carbocycles. The average Bonchev–Trinajstić information content (AvgIpc) is 2.96. The molecule has 3 rings (SSSR count). The average molecular weight is 281 g/mol. The Labute approximate surface area is 124 Å². The van der Waals surface area contributed by atoms with Crippen molar-refractivity contribution in [1.29, 1.82) is 0 Å². The Balaban J connectivity index is 1.64. The number of anilines is 1. The Morgan fingerprint density at radius 2 is 1.76 bits per heavy atom. The molecule has 1 heterocycles. The van der Waals surface area contributed by atoms with Crippen molar-refractivity contribution >= 4 is 17.0 Å². The van der Waals surface area contributed by atoms with Crippen LogP contribution in [0.15, 0.2) is 54.6 Å². The second kappa shape index (κ2) is 6.41. The number of aliphatic hydroxyl groups is 1. The summed E-state index contributed by atoms with van der Waals surface area (Å²) in [6.45, 7) is 0.736. The summed E-state index contributed by atoms with van der Waals surface area (Å²) in [6, 6.07) is 18.3. The maximum absolute atomic E-state index is 9.57. The summed E-state index contributed by atoms with van der Waals surface area (Å²) >= 11 is 0. The lowest BCUT2D eigenvalue weighted by Gasteiger charge is -2.18. The van der Waals surface area contributed by atoms with Crippen LogP contribution >= 0.6 is 0 Å². The number of imidazole rings is 1. The Morgan fingerprint density at radius 1 is 1.00 bits per heavy atom.